The Morgan fingerprint density at radius 3 is 2.18 bits per heavy atom. The van der Waals surface area contributed by atoms with Crippen molar-refractivity contribution in [3.05, 3.63) is 36.4 Å². The van der Waals surface area contributed by atoms with E-state index in [1.165, 1.54) is 38.2 Å². The third-order valence-corrected chi connectivity index (χ3v) is 7.05. The summed E-state index contributed by atoms with van der Waals surface area (Å²) in [6, 6.07) is 8.97. The van der Waals surface area contributed by atoms with Crippen LogP contribution in [0.1, 0.15) is 44.9 Å². The van der Waals surface area contributed by atoms with Crippen LogP contribution in [0, 0.1) is 0 Å². The molecule has 0 bridgehead atoms. The van der Waals surface area contributed by atoms with Crippen molar-refractivity contribution >= 4 is 38.4 Å². The summed E-state index contributed by atoms with van der Waals surface area (Å²) in [7, 11) is -0.496. The topological polar surface area (TPSA) is 150 Å². The minimum absolute atomic E-state index is 0.0553. The van der Waals surface area contributed by atoms with Crippen molar-refractivity contribution in [2.24, 2.45) is 5.73 Å². The van der Waals surface area contributed by atoms with Crippen LogP contribution in [0.15, 0.2) is 41.3 Å². The lowest BCUT2D eigenvalue weighted by Crippen LogP contribution is -2.41. The fourth-order valence-corrected chi connectivity index (χ4v) is 5.22. The van der Waals surface area contributed by atoms with Gasteiger partial charge in [0.25, 0.3) is 0 Å². The molecule has 1 fully saturated rings. The molecule has 0 unspecified atom stereocenters. The predicted octanol–water partition coefficient (Wildman–Crippen LogP) is 2.78. The lowest BCUT2D eigenvalue weighted by molar-refractivity contribution is -0.140. The summed E-state index contributed by atoms with van der Waals surface area (Å²) in [5.41, 5.74) is 6.45. The fourth-order valence-electron chi connectivity index (χ4n) is 3.77. The van der Waals surface area contributed by atoms with Gasteiger partial charge >= 0.3 is 11.9 Å². The highest BCUT2D eigenvalue weighted by Gasteiger charge is 2.27. The summed E-state index contributed by atoms with van der Waals surface area (Å²) in [6.07, 6.45) is 5.85. The molecular formula is C23H33N3O6S. The number of nitrogens with two attached hydrogens (primary N) is 1. The molecule has 0 aliphatic heterocycles. The highest BCUT2D eigenvalue weighted by atomic mass is 32.2. The molecule has 0 aromatic heterocycles. The normalized spacial score (nSPS) is 15.4. The van der Waals surface area contributed by atoms with E-state index < -0.39 is 34.4 Å². The Kier molecular flexibility index (Phi) is 9.63. The number of hydrogen-bond donors (Lipinski definition) is 4. The molecule has 1 aliphatic carbocycles. The maximum Gasteiger partial charge on any atom is 0.321 e. The highest BCUT2D eigenvalue weighted by Crippen LogP contribution is 2.30. The summed E-state index contributed by atoms with van der Waals surface area (Å²) in [4.78, 5) is 23.8. The molecule has 9 nitrogen and oxygen atoms in total. The SMILES string of the molecule is CN(C)c1cccc2c(S(=O)(=O)N[C@@H](CCC(=O)O)C(=O)O)cccc12.NC1CCCCC1. The van der Waals surface area contributed by atoms with Gasteiger partial charge in [-0.25, -0.2) is 8.42 Å². The van der Waals surface area contributed by atoms with Crippen LogP contribution >= 0.6 is 0 Å². The van der Waals surface area contributed by atoms with Gasteiger partial charge in [-0.3, -0.25) is 9.59 Å². The Hall–Kier alpha value is -2.69. The van der Waals surface area contributed by atoms with E-state index in [4.69, 9.17) is 10.8 Å². The van der Waals surface area contributed by atoms with E-state index in [-0.39, 0.29) is 11.3 Å². The van der Waals surface area contributed by atoms with Crippen LogP contribution in [-0.2, 0) is 19.6 Å². The standard InChI is InChI=1S/C17H20N2O6S.C6H13N/c1-19(2)14-7-3-6-12-11(14)5-4-8-15(12)26(24,25)18-13(17(22)23)9-10-16(20)21;7-6-4-2-1-3-5-6/h3-8,13,18H,9-10H2,1-2H3,(H,20,21)(H,22,23);6H,1-5,7H2/t13-;/m0./s1. The number of benzene rings is 2. The summed E-state index contributed by atoms with van der Waals surface area (Å²) in [5.74, 6) is -2.62. The van der Waals surface area contributed by atoms with Crippen LogP contribution in [-0.4, -0.2) is 56.7 Å². The molecule has 1 saturated carbocycles. The molecule has 182 valence electrons. The first kappa shape index (κ1) is 26.6. The number of fused-ring (bicyclic) bond motifs is 1. The van der Waals surface area contributed by atoms with E-state index >= 15 is 0 Å². The molecular weight excluding hydrogens is 446 g/mol. The number of anilines is 1. The van der Waals surface area contributed by atoms with Gasteiger partial charge in [-0.1, -0.05) is 43.5 Å². The van der Waals surface area contributed by atoms with Gasteiger partial charge in [0, 0.05) is 43.0 Å². The van der Waals surface area contributed by atoms with E-state index in [0.29, 0.717) is 16.8 Å². The minimum atomic E-state index is -4.16. The van der Waals surface area contributed by atoms with E-state index in [9.17, 15) is 23.1 Å². The van der Waals surface area contributed by atoms with Crippen LogP contribution in [0.25, 0.3) is 10.8 Å². The Morgan fingerprint density at radius 2 is 1.67 bits per heavy atom. The Morgan fingerprint density at radius 1 is 1.06 bits per heavy atom. The Labute approximate surface area is 194 Å². The number of carboxylic acid groups (broad SMARTS) is 2. The average molecular weight is 480 g/mol. The number of nitrogens with zero attached hydrogens (tertiary/aromatic N) is 1. The molecule has 0 radical (unpaired) electrons. The van der Waals surface area contributed by atoms with Crippen molar-refractivity contribution in [3.8, 4) is 0 Å². The minimum Gasteiger partial charge on any atom is -0.481 e. The zero-order chi connectivity index (χ0) is 24.6. The summed E-state index contributed by atoms with van der Waals surface area (Å²) in [6.45, 7) is 0. The first-order valence-corrected chi connectivity index (χ1v) is 12.4. The second-order valence-corrected chi connectivity index (χ2v) is 10.0. The van der Waals surface area contributed by atoms with Gasteiger partial charge in [0.2, 0.25) is 10.0 Å². The molecule has 0 saturated heterocycles. The van der Waals surface area contributed by atoms with Crippen LogP contribution in [0.5, 0.6) is 0 Å². The van der Waals surface area contributed by atoms with E-state index in [2.05, 4.69) is 4.72 Å². The second kappa shape index (κ2) is 12.0. The molecule has 0 amide bonds. The van der Waals surface area contributed by atoms with Crippen LogP contribution < -0.4 is 15.4 Å². The summed E-state index contributed by atoms with van der Waals surface area (Å²) >= 11 is 0. The monoisotopic (exact) mass is 479 g/mol. The van der Waals surface area contributed by atoms with E-state index in [0.717, 1.165) is 5.69 Å². The second-order valence-electron chi connectivity index (χ2n) is 8.37. The average Bonchev–Trinajstić information content (AvgIpc) is 2.76. The van der Waals surface area contributed by atoms with Gasteiger partial charge < -0.3 is 20.8 Å². The molecule has 0 heterocycles. The van der Waals surface area contributed by atoms with Crippen molar-refractivity contribution in [1.82, 2.24) is 4.72 Å². The molecule has 1 atom stereocenters. The number of rotatable bonds is 8. The molecule has 5 N–H and O–H groups in total. The zero-order valence-corrected chi connectivity index (χ0v) is 19.8. The Bertz CT molecular complexity index is 1070. The van der Waals surface area contributed by atoms with Gasteiger partial charge in [-0.2, -0.15) is 4.72 Å². The summed E-state index contributed by atoms with van der Waals surface area (Å²) < 4.78 is 27.6. The number of aliphatic carboxylic acids is 2. The molecule has 2 aromatic carbocycles. The molecule has 2 aromatic rings. The maximum atomic E-state index is 12.8. The van der Waals surface area contributed by atoms with Gasteiger partial charge in [0.1, 0.15) is 6.04 Å². The third-order valence-electron chi connectivity index (χ3n) is 5.52. The predicted molar refractivity (Wildman–Crippen MR) is 128 cm³/mol. The number of nitrogens with one attached hydrogen (secondary N) is 1. The van der Waals surface area contributed by atoms with Crippen LogP contribution in [0.4, 0.5) is 5.69 Å². The number of sulfonamides is 1. The zero-order valence-electron chi connectivity index (χ0n) is 19.0. The molecule has 10 heteroatoms. The quantitative estimate of drug-likeness (QED) is 0.451. The smallest absolute Gasteiger partial charge is 0.321 e. The molecule has 0 spiro atoms. The number of carboxylic acids is 2. The molecule has 33 heavy (non-hydrogen) atoms. The van der Waals surface area contributed by atoms with Crippen LogP contribution in [0.3, 0.4) is 0 Å². The Balaban J connectivity index is 0.000000468. The third kappa shape index (κ3) is 7.69. The van der Waals surface area contributed by atoms with Crippen molar-refractivity contribution in [2.75, 3.05) is 19.0 Å². The lowest BCUT2D eigenvalue weighted by atomic mass is 9.97. The highest BCUT2D eigenvalue weighted by molar-refractivity contribution is 7.89. The molecule has 3 rings (SSSR count). The first-order valence-electron chi connectivity index (χ1n) is 10.9. The van der Waals surface area contributed by atoms with Gasteiger partial charge in [-0.05, 0) is 31.4 Å². The molecule has 1 aliphatic rings. The maximum absolute atomic E-state index is 12.8. The van der Waals surface area contributed by atoms with Crippen molar-refractivity contribution < 1.29 is 28.2 Å². The van der Waals surface area contributed by atoms with Crippen molar-refractivity contribution in [1.29, 1.82) is 0 Å². The number of hydrogen-bond acceptors (Lipinski definition) is 6. The van der Waals surface area contributed by atoms with E-state index in [1.807, 2.05) is 25.1 Å². The lowest BCUT2D eigenvalue weighted by Gasteiger charge is -2.18. The number of carbonyl (C=O) groups is 2. The van der Waals surface area contributed by atoms with Crippen molar-refractivity contribution in [2.45, 2.75) is 61.9 Å². The first-order chi connectivity index (χ1) is 15.5. The van der Waals surface area contributed by atoms with Gasteiger partial charge in [0.15, 0.2) is 0 Å². The van der Waals surface area contributed by atoms with Gasteiger partial charge in [-0.15, -0.1) is 0 Å². The fraction of sp³-hybridized carbons (Fsp3) is 0.478. The van der Waals surface area contributed by atoms with E-state index in [1.54, 1.807) is 24.3 Å². The summed E-state index contributed by atoms with van der Waals surface area (Å²) in [5, 5.41) is 19.1. The largest absolute Gasteiger partial charge is 0.481 e. The van der Waals surface area contributed by atoms with Crippen LogP contribution in [0.2, 0.25) is 0 Å². The van der Waals surface area contributed by atoms with Crippen molar-refractivity contribution in [3.63, 3.8) is 0 Å². The van der Waals surface area contributed by atoms with Gasteiger partial charge in [0.05, 0.1) is 4.90 Å².